The number of carbonyl (C=O) groups is 2. The number of piperidine rings is 1. The van der Waals surface area contributed by atoms with E-state index < -0.39 is 0 Å². The Morgan fingerprint density at radius 3 is 2.54 bits per heavy atom. The summed E-state index contributed by atoms with van der Waals surface area (Å²) in [5.74, 6) is -0.0830. The van der Waals surface area contributed by atoms with Crippen LogP contribution in [0.25, 0.3) is 0 Å². The van der Waals surface area contributed by atoms with Gasteiger partial charge in [-0.05, 0) is 50.6 Å². The molecule has 0 radical (unpaired) electrons. The molecule has 2 heterocycles. The second-order valence-electron chi connectivity index (χ2n) is 7.75. The second-order valence-corrected chi connectivity index (χ2v) is 8.18. The highest BCUT2D eigenvalue weighted by Crippen LogP contribution is 2.17. The van der Waals surface area contributed by atoms with Crippen LogP contribution >= 0.6 is 11.6 Å². The predicted octanol–water partition coefficient (Wildman–Crippen LogP) is 2.09. The van der Waals surface area contributed by atoms with Crippen molar-refractivity contribution in [3.05, 3.63) is 34.9 Å². The Morgan fingerprint density at radius 2 is 1.86 bits per heavy atom. The monoisotopic (exact) mass is 406 g/mol. The zero-order chi connectivity index (χ0) is 19.9. The van der Waals surface area contributed by atoms with E-state index in [1.807, 2.05) is 4.90 Å². The maximum atomic E-state index is 13.1. The fourth-order valence-electron chi connectivity index (χ4n) is 3.94. The van der Waals surface area contributed by atoms with Gasteiger partial charge in [0.15, 0.2) is 0 Å². The summed E-state index contributed by atoms with van der Waals surface area (Å²) in [4.78, 5) is 31.9. The molecule has 0 aromatic heterocycles. The molecule has 1 atom stereocenters. The number of halogens is 1. The molecule has 28 heavy (non-hydrogen) atoms. The van der Waals surface area contributed by atoms with Crippen molar-refractivity contribution in [3.8, 4) is 0 Å². The van der Waals surface area contributed by atoms with Gasteiger partial charge in [-0.15, -0.1) is 0 Å². The highest BCUT2D eigenvalue weighted by atomic mass is 35.5. The van der Waals surface area contributed by atoms with E-state index in [4.69, 9.17) is 11.6 Å². The Labute approximate surface area is 172 Å². The molecule has 3 rings (SSSR count). The molecule has 0 saturated carbocycles. The van der Waals surface area contributed by atoms with E-state index in [0.29, 0.717) is 36.3 Å². The fraction of sp³-hybridized carbons (Fsp3) is 0.619. The third-order valence-electron chi connectivity index (χ3n) is 5.77. The van der Waals surface area contributed by atoms with Crippen molar-refractivity contribution in [3.63, 3.8) is 0 Å². The van der Waals surface area contributed by atoms with E-state index in [2.05, 4.69) is 17.1 Å². The van der Waals surface area contributed by atoms with Crippen LogP contribution < -0.4 is 5.32 Å². The number of nitrogens with zero attached hydrogens (tertiary/aromatic N) is 3. The lowest BCUT2D eigenvalue weighted by atomic mass is 10.0. The minimum atomic E-state index is -0.107. The summed E-state index contributed by atoms with van der Waals surface area (Å²) in [6.45, 7) is 7.81. The molecule has 6 nitrogen and oxygen atoms in total. The summed E-state index contributed by atoms with van der Waals surface area (Å²) in [5, 5.41) is 3.86. The summed E-state index contributed by atoms with van der Waals surface area (Å²) in [5.41, 5.74) is 0.573. The molecule has 2 fully saturated rings. The number of likely N-dealkylation sites (tertiary alicyclic amines) is 1. The normalized spacial score (nSPS) is 20.8. The first-order valence-electron chi connectivity index (χ1n) is 10.3. The number of rotatable bonds is 6. The standard InChI is InChI=1S/C21H31ClN4O2/c1-17-4-2-3-11-24(17)14-15-26(16-20(27)25-12-9-23-10-13-25)21(28)18-5-7-19(22)8-6-18/h5-8,17,23H,2-4,9-16H2,1H3/t17-/m1/s1. The molecule has 0 aliphatic carbocycles. The van der Waals surface area contributed by atoms with E-state index in [-0.39, 0.29) is 18.4 Å². The minimum absolute atomic E-state index is 0.0236. The van der Waals surface area contributed by atoms with Crippen LogP contribution in [0.1, 0.15) is 36.5 Å². The van der Waals surface area contributed by atoms with Gasteiger partial charge in [0.25, 0.3) is 5.91 Å². The molecule has 1 aromatic rings. The molecule has 2 aliphatic rings. The summed E-state index contributed by atoms with van der Waals surface area (Å²) in [7, 11) is 0. The zero-order valence-electron chi connectivity index (χ0n) is 16.7. The molecule has 2 amide bonds. The minimum Gasteiger partial charge on any atom is -0.339 e. The van der Waals surface area contributed by atoms with Gasteiger partial charge in [0.2, 0.25) is 5.91 Å². The van der Waals surface area contributed by atoms with Crippen LogP contribution in [0.15, 0.2) is 24.3 Å². The Hall–Kier alpha value is -1.63. The quantitative estimate of drug-likeness (QED) is 0.786. The largest absolute Gasteiger partial charge is 0.339 e. The van der Waals surface area contributed by atoms with Crippen molar-refractivity contribution >= 4 is 23.4 Å². The van der Waals surface area contributed by atoms with Gasteiger partial charge in [-0.2, -0.15) is 0 Å². The summed E-state index contributed by atoms with van der Waals surface area (Å²) in [6, 6.07) is 7.44. The van der Waals surface area contributed by atoms with Crippen molar-refractivity contribution < 1.29 is 9.59 Å². The van der Waals surface area contributed by atoms with E-state index in [1.54, 1.807) is 29.2 Å². The van der Waals surface area contributed by atoms with Crippen molar-refractivity contribution in [2.45, 2.75) is 32.2 Å². The summed E-state index contributed by atoms with van der Waals surface area (Å²) in [6.07, 6.45) is 3.67. The molecule has 0 spiro atoms. The average Bonchev–Trinajstić information content (AvgIpc) is 2.72. The van der Waals surface area contributed by atoms with Gasteiger partial charge in [-0.1, -0.05) is 18.0 Å². The number of nitrogens with one attached hydrogen (secondary N) is 1. The van der Waals surface area contributed by atoms with Crippen LogP contribution in [-0.2, 0) is 4.79 Å². The molecule has 1 aromatic carbocycles. The molecule has 2 aliphatic heterocycles. The van der Waals surface area contributed by atoms with Gasteiger partial charge in [0.05, 0.1) is 0 Å². The first-order valence-corrected chi connectivity index (χ1v) is 10.7. The van der Waals surface area contributed by atoms with E-state index >= 15 is 0 Å². The summed E-state index contributed by atoms with van der Waals surface area (Å²) >= 11 is 5.96. The number of benzene rings is 1. The van der Waals surface area contributed by atoms with Gasteiger partial charge < -0.3 is 15.1 Å². The van der Waals surface area contributed by atoms with Crippen molar-refractivity contribution in [1.29, 1.82) is 0 Å². The topological polar surface area (TPSA) is 55.9 Å². The van der Waals surface area contributed by atoms with E-state index in [9.17, 15) is 9.59 Å². The Kier molecular flexibility index (Phi) is 7.71. The molecular weight excluding hydrogens is 376 g/mol. The number of carbonyl (C=O) groups excluding carboxylic acids is 2. The Bertz CT molecular complexity index is 661. The Balaban J connectivity index is 1.67. The van der Waals surface area contributed by atoms with Crippen molar-refractivity contribution in [2.75, 3.05) is 52.4 Å². The number of piperazine rings is 1. The van der Waals surface area contributed by atoms with Crippen LogP contribution in [0.2, 0.25) is 5.02 Å². The second kappa shape index (κ2) is 10.2. The first kappa shape index (κ1) is 21.1. The average molecular weight is 407 g/mol. The molecule has 7 heteroatoms. The molecule has 0 unspecified atom stereocenters. The SMILES string of the molecule is C[C@@H]1CCCCN1CCN(CC(=O)N1CCNCC1)C(=O)c1ccc(Cl)cc1. The summed E-state index contributed by atoms with van der Waals surface area (Å²) < 4.78 is 0. The fourth-order valence-corrected chi connectivity index (χ4v) is 4.07. The lowest BCUT2D eigenvalue weighted by molar-refractivity contribution is -0.132. The molecular formula is C21H31ClN4O2. The van der Waals surface area contributed by atoms with E-state index in [1.165, 1.54) is 19.3 Å². The maximum absolute atomic E-state index is 13.1. The maximum Gasteiger partial charge on any atom is 0.254 e. The zero-order valence-corrected chi connectivity index (χ0v) is 17.5. The third kappa shape index (κ3) is 5.69. The van der Waals surface area contributed by atoms with Crippen LogP contribution in [-0.4, -0.2) is 84.9 Å². The number of hydrogen-bond donors (Lipinski definition) is 1. The molecule has 2 saturated heterocycles. The molecule has 1 N–H and O–H groups in total. The lowest BCUT2D eigenvalue weighted by Gasteiger charge is -2.35. The van der Waals surface area contributed by atoms with Crippen molar-refractivity contribution in [1.82, 2.24) is 20.0 Å². The van der Waals surface area contributed by atoms with Gasteiger partial charge >= 0.3 is 0 Å². The number of amides is 2. The van der Waals surface area contributed by atoms with Crippen LogP contribution in [0, 0.1) is 0 Å². The highest BCUT2D eigenvalue weighted by Gasteiger charge is 2.25. The predicted molar refractivity (Wildman–Crippen MR) is 112 cm³/mol. The molecule has 154 valence electrons. The van der Waals surface area contributed by atoms with Gasteiger partial charge in [-0.25, -0.2) is 0 Å². The third-order valence-corrected chi connectivity index (χ3v) is 6.02. The Morgan fingerprint density at radius 1 is 1.14 bits per heavy atom. The van der Waals surface area contributed by atoms with Crippen LogP contribution in [0.5, 0.6) is 0 Å². The van der Waals surface area contributed by atoms with E-state index in [0.717, 1.165) is 26.2 Å². The van der Waals surface area contributed by atoms with Gasteiger partial charge in [-0.3, -0.25) is 14.5 Å². The van der Waals surface area contributed by atoms with Crippen molar-refractivity contribution in [2.24, 2.45) is 0 Å². The lowest BCUT2D eigenvalue weighted by Crippen LogP contribution is -2.51. The van der Waals surface area contributed by atoms with Gasteiger partial charge in [0.1, 0.15) is 6.54 Å². The smallest absolute Gasteiger partial charge is 0.254 e. The number of hydrogen-bond acceptors (Lipinski definition) is 4. The molecule has 0 bridgehead atoms. The first-order chi connectivity index (χ1) is 13.5. The van der Waals surface area contributed by atoms with Crippen LogP contribution in [0.3, 0.4) is 0 Å². The highest BCUT2D eigenvalue weighted by molar-refractivity contribution is 6.30. The van der Waals surface area contributed by atoms with Crippen LogP contribution in [0.4, 0.5) is 0 Å². The van der Waals surface area contributed by atoms with Gasteiger partial charge in [0, 0.05) is 55.9 Å².